The molecule has 0 bridgehead atoms. The molecule has 0 spiro atoms. The average molecular weight is 319 g/mol. The highest BCUT2D eigenvalue weighted by molar-refractivity contribution is 6.08. The van der Waals surface area contributed by atoms with E-state index in [1.165, 1.54) is 34.5 Å². The zero-order valence-electron chi connectivity index (χ0n) is 14.0. The predicted molar refractivity (Wildman–Crippen MR) is 87.7 cm³/mol. The van der Waals surface area contributed by atoms with Gasteiger partial charge in [0.2, 0.25) is 5.75 Å². The number of likely N-dealkylation sites (N-methyl/N-ethyl adjacent to an activating group) is 1. The standard InChI is InChI=1S/C17H21NO5/c1-11(2)17(20)18(3)15(19)8-7-12-9-13(21-4)16(23-6)14(10-12)22-5/h7-10H,1H2,2-6H3/b8-7+. The molecule has 2 amide bonds. The van der Waals surface area contributed by atoms with Gasteiger partial charge >= 0.3 is 0 Å². The summed E-state index contributed by atoms with van der Waals surface area (Å²) in [5, 5.41) is 0. The summed E-state index contributed by atoms with van der Waals surface area (Å²) in [6.45, 7) is 5.08. The molecule has 0 atom stereocenters. The molecule has 0 unspecified atom stereocenters. The second kappa shape index (κ2) is 8.03. The predicted octanol–water partition coefficient (Wildman–Crippen LogP) is 2.29. The minimum Gasteiger partial charge on any atom is -0.493 e. The molecule has 124 valence electrons. The summed E-state index contributed by atoms with van der Waals surface area (Å²) < 4.78 is 15.7. The first-order chi connectivity index (χ1) is 10.8. The van der Waals surface area contributed by atoms with Gasteiger partial charge in [0, 0.05) is 18.7 Å². The first kappa shape index (κ1) is 18.3. The van der Waals surface area contributed by atoms with E-state index < -0.39 is 11.8 Å². The SMILES string of the molecule is C=C(C)C(=O)N(C)C(=O)/C=C/c1cc(OC)c(OC)c(OC)c1. The molecule has 6 nitrogen and oxygen atoms in total. The fourth-order valence-corrected chi connectivity index (χ4v) is 1.86. The first-order valence-corrected chi connectivity index (χ1v) is 6.81. The number of carbonyl (C=O) groups excluding carboxylic acids is 2. The normalized spacial score (nSPS) is 10.3. The maximum absolute atomic E-state index is 12.0. The Kier molecular flexibility index (Phi) is 6.38. The Hall–Kier alpha value is -2.76. The minimum atomic E-state index is -0.452. The lowest BCUT2D eigenvalue weighted by Crippen LogP contribution is -2.32. The molecule has 0 aliphatic carbocycles. The summed E-state index contributed by atoms with van der Waals surface area (Å²) >= 11 is 0. The van der Waals surface area contributed by atoms with Crippen LogP contribution in [0.5, 0.6) is 17.2 Å². The summed E-state index contributed by atoms with van der Waals surface area (Å²) in [5.41, 5.74) is 0.964. The Bertz CT molecular complexity index is 623. The molecule has 0 saturated carbocycles. The van der Waals surface area contributed by atoms with Crippen molar-refractivity contribution in [2.24, 2.45) is 0 Å². The van der Waals surface area contributed by atoms with Crippen molar-refractivity contribution in [3.63, 3.8) is 0 Å². The van der Waals surface area contributed by atoms with Gasteiger partial charge in [-0.2, -0.15) is 0 Å². The lowest BCUT2D eigenvalue weighted by molar-refractivity contribution is -0.137. The van der Waals surface area contributed by atoms with Gasteiger partial charge in [0.25, 0.3) is 11.8 Å². The molecule has 0 aliphatic rings. The van der Waals surface area contributed by atoms with E-state index in [1.807, 2.05) is 0 Å². The average Bonchev–Trinajstić information content (AvgIpc) is 2.56. The fourth-order valence-electron chi connectivity index (χ4n) is 1.86. The largest absolute Gasteiger partial charge is 0.493 e. The zero-order valence-corrected chi connectivity index (χ0v) is 14.0. The number of amides is 2. The van der Waals surface area contributed by atoms with E-state index in [-0.39, 0.29) is 0 Å². The lowest BCUT2D eigenvalue weighted by Gasteiger charge is -2.14. The zero-order chi connectivity index (χ0) is 17.6. The lowest BCUT2D eigenvalue weighted by atomic mass is 10.1. The number of hydrogen-bond donors (Lipinski definition) is 0. The molecule has 0 radical (unpaired) electrons. The van der Waals surface area contributed by atoms with Crippen molar-refractivity contribution in [2.45, 2.75) is 6.92 Å². The minimum absolute atomic E-state index is 0.294. The smallest absolute Gasteiger partial charge is 0.255 e. The number of rotatable bonds is 6. The monoisotopic (exact) mass is 319 g/mol. The molecular formula is C17H21NO5. The van der Waals surface area contributed by atoms with E-state index in [9.17, 15) is 9.59 Å². The highest BCUT2D eigenvalue weighted by atomic mass is 16.5. The number of imide groups is 1. The Labute approximate surface area is 135 Å². The summed E-state index contributed by atoms with van der Waals surface area (Å²) in [5.74, 6) is 0.542. The van der Waals surface area contributed by atoms with E-state index >= 15 is 0 Å². The number of ether oxygens (including phenoxy) is 3. The number of hydrogen-bond acceptors (Lipinski definition) is 5. The molecule has 1 aromatic rings. The molecule has 6 heteroatoms. The van der Waals surface area contributed by atoms with Gasteiger partial charge in [0.1, 0.15) is 0 Å². The van der Waals surface area contributed by atoms with Crippen LogP contribution < -0.4 is 14.2 Å². The Morgan fingerprint density at radius 2 is 1.61 bits per heavy atom. The van der Waals surface area contributed by atoms with E-state index in [1.54, 1.807) is 25.1 Å². The third-order valence-corrected chi connectivity index (χ3v) is 3.11. The molecule has 23 heavy (non-hydrogen) atoms. The number of methoxy groups -OCH3 is 3. The van der Waals surface area contributed by atoms with E-state index in [0.29, 0.717) is 28.4 Å². The summed E-state index contributed by atoms with van der Waals surface area (Å²) in [6.07, 6.45) is 2.86. The van der Waals surface area contributed by atoms with Crippen molar-refractivity contribution in [1.82, 2.24) is 4.90 Å². The number of benzene rings is 1. The van der Waals surface area contributed by atoms with Crippen LogP contribution in [0.4, 0.5) is 0 Å². The van der Waals surface area contributed by atoms with Crippen LogP contribution in [0.3, 0.4) is 0 Å². The van der Waals surface area contributed by atoms with Gasteiger partial charge in [-0.1, -0.05) is 6.58 Å². The number of carbonyl (C=O) groups is 2. The highest BCUT2D eigenvalue weighted by Crippen LogP contribution is 2.38. The molecule has 0 saturated heterocycles. The maximum Gasteiger partial charge on any atom is 0.255 e. The van der Waals surface area contributed by atoms with Crippen LogP contribution in [-0.2, 0) is 9.59 Å². The third kappa shape index (κ3) is 4.35. The molecule has 0 aliphatic heterocycles. The number of nitrogens with zero attached hydrogens (tertiary/aromatic N) is 1. The van der Waals surface area contributed by atoms with Crippen molar-refractivity contribution >= 4 is 17.9 Å². The molecule has 0 aromatic heterocycles. The third-order valence-electron chi connectivity index (χ3n) is 3.11. The van der Waals surface area contributed by atoms with Crippen molar-refractivity contribution in [2.75, 3.05) is 28.4 Å². The van der Waals surface area contributed by atoms with Gasteiger partial charge in [-0.25, -0.2) is 0 Å². The summed E-state index contributed by atoms with van der Waals surface area (Å²) in [7, 11) is 5.93. The van der Waals surface area contributed by atoms with Crippen LogP contribution in [0.15, 0.2) is 30.4 Å². The Balaban J connectivity index is 3.07. The van der Waals surface area contributed by atoms with Gasteiger partial charge in [-0.3, -0.25) is 14.5 Å². The summed E-state index contributed by atoms with van der Waals surface area (Å²) in [6, 6.07) is 3.40. The van der Waals surface area contributed by atoms with Crippen LogP contribution >= 0.6 is 0 Å². The van der Waals surface area contributed by atoms with Crippen molar-refractivity contribution in [3.8, 4) is 17.2 Å². The van der Waals surface area contributed by atoms with Crippen LogP contribution in [0.2, 0.25) is 0 Å². The molecular weight excluding hydrogens is 298 g/mol. The van der Waals surface area contributed by atoms with E-state index in [2.05, 4.69) is 6.58 Å². The molecule has 0 N–H and O–H groups in total. The highest BCUT2D eigenvalue weighted by Gasteiger charge is 2.15. The fraction of sp³-hybridized carbons (Fsp3) is 0.294. The van der Waals surface area contributed by atoms with Crippen molar-refractivity contribution in [1.29, 1.82) is 0 Å². The Morgan fingerprint density at radius 3 is 2.00 bits per heavy atom. The molecule has 1 aromatic carbocycles. The van der Waals surface area contributed by atoms with E-state index in [0.717, 1.165) is 4.90 Å². The van der Waals surface area contributed by atoms with E-state index in [4.69, 9.17) is 14.2 Å². The molecule has 0 heterocycles. The molecule has 1 rings (SSSR count). The van der Waals surface area contributed by atoms with Gasteiger partial charge in [-0.15, -0.1) is 0 Å². The summed E-state index contributed by atoms with van der Waals surface area (Å²) in [4.78, 5) is 24.7. The quantitative estimate of drug-likeness (QED) is 0.753. The maximum atomic E-state index is 12.0. The van der Waals surface area contributed by atoms with Crippen LogP contribution in [0.25, 0.3) is 6.08 Å². The van der Waals surface area contributed by atoms with Crippen molar-refractivity contribution < 1.29 is 23.8 Å². The van der Waals surface area contributed by atoms with Crippen LogP contribution in [-0.4, -0.2) is 45.1 Å². The topological polar surface area (TPSA) is 65.1 Å². The van der Waals surface area contributed by atoms with Gasteiger partial charge in [-0.05, 0) is 30.7 Å². The second-order valence-electron chi connectivity index (χ2n) is 4.77. The first-order valence-electron chi connectivity index (χ1n) is 6.81. The molecule has 0 fully saturated rings. The Morgan fingerprint density at radius 1 is 1.09 bits per heavy atom. The van der Waals surface area contributed by atoms with Gasteiger partial charge in [0.05, 0.1) is 21.3 Å². The second-order valence-corrected chi connectivity index (χ2v) is 4.77. The van der Waals surface area contributed by atoms with Crippen LogP contribution in [0.1, 0.15) is 12.5 Å². The van der Waals surface area contributed by atoms with Gasteiger partial charge < -0.3 is 14.2 Å². The van der Waals surface area contributed by atoms with Crippen LogP contribution in [0, 0.1) is 0 Å². The van der Waals surface area contributed by atoms with Crippen molar-refractivity contribution in [3.05, 3.63) is 35.9 Å². The van der Waals surface area contributed by atoms with Gasteiger partial charge in [0.15, 0.2) is 11.5 Å².